The number of methoxy groups -OCH3 is 1. The zero-order chi connectivity index (χ0) is 14.5. The molecule has 1 aromatic carbocycles. The van der Waals surface area contributed by atoms with Crippen LogP contribution in [-0.2, 0) is 4.79 Å². The van der Waals surface area contributed by atoms with Crippen LogP contribution >= 0.6 is 0 Å². The zero-order valence-electron chi connectivity index (χ0n) is 12.1. The summed E-state index contributed by atoms with van der Waals surface area (Å²) >= 11 is 0. The maximum Gasteiger partial charge on any atom is 0.220 e. The summed E-state index contributed by atoms with van der Waals surface area (Å²) in [6.07, 6.45) is 0.405. The smallest absolute Gasteiger partial charge is 0.220 e. The Morgan fingerprint density at radius 2 is 1.95 bits per heavy atom. The molecule has 0 radical (unpaired) electrons. The predicted molar refractivity (Wildman–Crippen MR) is 75.3 cm³/mol. The molecule has 0 saturated heterocycles. The SMILES string of the molecule is COc1ccc(C(C)CC(=O)NCC(C)(C)O)cc1. The van der Waals surface area contributed by atoms with Crippen LogP contribution in [0.5, 0.6) is 5.75 Å². The van der Waals surface area contributed by atoms with Crippen molar-refractivity contribution in [1.29, 1.82) is 0 Å². The van der Waals surface area contributed by atoms with Gasteiger partial charge in [0.2, 0.25) is 5.91 Å². The molecule has 4 heteroatoms. The molecule has 0 aliphatic carbocycles. The van der Waals surface area contributed by atoms with Crippen LogP contribution in [0, 0.1) is 0 Å². The monoisotopic (exact) mass is 265 g/mol. The standard InChI is InChI=1S/C15H23NO3/c1-11(9-14(17)16-10-15(2,3)18)12-5-7-13(19-4)8-6-12/h5-8,11,18H,9-10H2,1-4H3,(H,16,17). The second kappa shape index (κ2) is 6.57. The largest absolute Gasteiger partial charge is 0.497 e. The third-order valence-corrected chi connectivity index (χ3v) is 2.89. The van der Waals surface area contributed by atoms with E-state index in [1.165, 1.54) is 0 Å². The van der Waals surface area contributed by atoms with Crippen molar-refractivity contribution in [3.8, 4) is 5.75 Å². The number of rotatable bonds is 6. The van der Waals surface area contributed by atoms with Gasteiger partial charge in [0.1, 0.15) is 5.75 Å². The highest BCUT2D eigenvalue weighted by atomic mass is 16.5. The van der Waals surface area contributed by atoms with Crippen molar-refractivity contribution >= 4 is 5.91 Å². The van der Waals surface area contributed by atoms with Crippen LogP contribution in [0.3, 0.4) is 0 Å². The zero-order valence-corrected chi connectivity index (χ0v) is 12.1. The molecule has 19 heavy (non-hydrogen) atoms. The lowest BCUT2D eigenvalue weighted by Crippen LogP contribution is -2.38. The minimum absolute atomic E-state index is 0.0505. The molecule has 0 bridgehead atoms. The van der Waals surface area contributed by atoms with E-state index in [1.54, 1.807) is 21.0 Å². The first-order valence-corrected chi connectivity index (χ1v) is 6.45. The van der Waals surface area contributed by atoms with E-state index in [2.05, 4.69) is 5.32 Å². The lowest BCUT2D eigenvalue weighted by atomic mass is 9.97. The maximum atomic E-state index is 11.7. The van der Waals surface area contributed by atoms with Gasteiger partial charge in [0, 0.05) is 13.0 Å². The van der Waals surface area contributed by atoms with Crippen LogP contribution < -0.4 is 10.1 Å². The van der Waals surface area contributed by atoms with Crippen molar-refractivity contribution < 1.29 is 14.6 Å². The number of ether oxygens (including phenoxy) is 1. The molecule has 4 nitrogen and oxygen atoms in total. The summed E-state index contributed by atoms with van der Waals surface area (Å²) in [4.78, 5) is 11.7. The van der Waals surface area contributed by atoms with Gasteiger partial charge < -0.3 is 15.2 Å². The molecule has 1 unspecified atom stereocenters. The summed E-state index contributed by atoms with van der Waals surface area (Å²) in [6, 6.07) is 7.71. The number of nitrogens with one attached hydrogen (secondary N) is 1. The highest BCUT2D eigenvalue weighted by molar-refractivity contribution is 5.76. The number of carbonyl (C=O) groups is 1. The second-order valence-corrected chi connectivity index (χ2v) is 5.47. The van der Waals surface area contributed by atoms with Gasteiger partial charge >= 0.3 is 0 Å². The molecule has 106 valence electrons. The van der Waals surface area contributed by atoms with Crippen LogP contribution in [0.4, 0.5) is 0 Å². The van der Waals surface area contributed by atoms with E-state index in [9.17, 15) is 9.90 Å². The van der Waals surface area contributed by atoms with Gasteiger partial charge in [-0.3, -0.25) is 4.79 Å². The van der Waals surface area contributed by atoms with Crippen molar-refractivity contribution in [2.24, 2.45) is 0 Å². The van der Waals surface area contributed by atoms with Gasteiger partial charge in [0.25, 0.3) is 0 Å². The van der Waals surface area contributed by atoms with E-state index < -0.39 is 5.60 Å². The van der Waals surface area contributed by atoms with Gasteiger partial charge in [-0.15, -0.1) is 0 Å². The summed E-state index contributed by atoms with van der Waals surface area (Å²) in [5, 5.41) is 12.3. The van der Waals surface area contributed by atoms with Crippen LogP contribution in [0.25, 0.3) is 0 Å². The molecule has 1 rings (SSSR count). The number of benzene rings is 1. The Labute approximate surface area is 114 Å². The van der Waals surface area contributed by atoms with Crippen LogP contribution in [-0.4, -0.2) is 30.3 Å². The highest BCUT2D eigenvalue weighted by Gasteiger charge is 2.16. The van der Waals surface area contributed by atoms with Gasteiger partial charge in [0.15, 0.2) is 0 Å². The maximum absolute atomic E-state index is 11.7. The Bertz CT molecular complexity index is 406. The topological polar surface area (TPSA) is 58.6 Å². The average Bonchev–Trinajstić information content (AvgIpc) is 2.35. The highest BCUT2D eigenvalue weighted by Crippen LogP contribution is 2.21. The average molecular weight is 265 g/mol. The van der Waals surface area contributed by atoms with Crippen molar-refractivity contribution in [3.63, 3.8) is 0 Å². The number of hydrogen-bond acceptors (Lipinski definition) is 3. The van der Waals surface area contributed by atoms with Crippen molar-refractivity contribution in [2.75, 3.05) is 13.7 Å². The van der Waals surface area contributed by atoms with Crippen LogP contribution in [0.2, 0.25) is 0 Å². The Morgan fingerprint density at radius 1 is 1.37 bits per heavy atom. The van der Waals surface area contributed by atoms with Crippen molar-refractivity contribution in [2.45, 2.75) is 38.7 Å². The molecule has 0 fully saturated rings. The summed E-state index contributed by atoms with van der Waals surface area (Å²) in [6.45, 7) is 5.60. The van der Waals surface area contributed by atoms with Gasteiger partial charge in [-0.25, -0.2) is 0 Å². The van der Waals surface area contributed by atoms with Gasteiger partial charge in [-0.05, 0) is 37.5 Å². The fourth-order valence-electron chi connectivity index (χ4n) is 1.72. The Morgan fingerprint density at radius 3 is 2.42 bits per heavy atom. The Hall–Kier alpha value is -1.55. The third-order valence-electron chi connectivity index (χ3n) is 2.89. The predicted octanol–water partition coefficient (Wildman–Crippen LogP) is 2.08. The van der Waals surface area contributed by atoms with Crippen LogP contribution in [0.15, 0.2) is 24.3 Å². The molecule has 2 N–H and O–H groups in total. The molecule has 0 saturated carbocycles. The second-order valence-electron chi connectivity index (χ2n) is 5.47. The molecular weight excluding hydrogens is 242 g/mol. The van der Waals surface area contributed by atoms with E-state index in [4.69, 9.17) is 4.74 Å². The molecule has 0 spiro atoms. The first-order valence-electron chi connectivity index (χ1n) is 6.45. The summed E-state index contributed by atoms with van der Waals surface area (Å²) in [5.41, 5.74) is 0.221. The number of hydrogen-bond donors (Lipinski definition) is 2. The lowest BCUT2D eigenvalue weighted by molar-refractivity contribution is -0.122. The molecule has 0 aromatic heterocycles. The molecule has 0 aliphatic rings. The Balaban J connectivity index is 2.49. The first kappa shape index (κ1) is 15.5. The van der Waals surface area contributed by atoms with E-state index in [0.717, 1.165) is 11.3 Å². The fraction of sp³-hybridized carbons (Fsp3) is 0.533. The van der Waals surface area contributed by atoms with Gasteiger partial charge in [0.05, 0.1) is 12.7 Å². The van der Waals surface area contributed by atoms with E-state index in [0.29, 0.717) is 6.42 Å². The van der Waals surface area contributed by atoms with Gasteiger partial charge in [-0.2, -0.15) is 0 Å². The quantitative estimate of drug-likeness (QED) is 0.828. The summed E-state index contributed by atoms with van der Waals surface area (Å²) in [7, 11) is 1.63. The number of amides is 1. The minimum atomic E-state index is -0.876. The van der Waals surface area contributed by atoms with Crippen molar-refractivity contribution in [1.82, 2.24) is 5.32 Å². The number of aliphatic hydroxyl groups is 1. The van der Waals surface area contributed by atoms with Crippen LogP contribution in [0.1, 0.15) is 38.7 Å². The minimum Gasteiger partial charge on any atom is -0.497 e. The van der Waals surface area contributed by atoms with E-state index in [-0.39, 0.29) is 18.4 Å². The molecule has 0 heterocycles. The van der Waals surface area contributed by atoms with Crippen molar-refractivity contribution in [3.05, 3.63) is 29.8 Å². The molecular formula is C15H23NO3. The van der Waals surface area contributed by atoms with E-state index >= 15 is 0 Å². The normalized spacial score (nSPS) is 12.9. The first-order chi connectivity index (χ1) is 8.81. The Kier molecular flexibility index (Phi) is 5.36. The lowest BCUT2D eigenvalue weighted by Gasteiger charge is -2.19. The number of carbonyl (C=O) groups excluding carboxylic acids is 1. The van der Waals surface area contributed by atoms with Gasteiger partial charge in [-0.1, -0.05) is 19.1 Å². The van der Waals surface area contributed by atoms with E-state index in [1.807, 2.05) is 31.2 Å². The summed E-state index contributed by atoms with van der Waals surface area (Å²) < 4.78 is 5.10. The molecule has 1 amide bonds. The molecule has 1 atom stereocenters. The summed E-state index contributed by atoms with van der Waals surface area (Å²) in [5.74, 6) is 0.889. The molecule has 1 aromatic rings. The third kappa shape index (κ3) is 5.75. The molecule has 0 aliphatic heterocycles. The fourth-order valence-corrected chi connectivity index (χ4v) is 1.72.